The third-order valence-electron chi connectivity index (χ3n) is 0. The largest absolute Gasteiger partial charge is 0.387 e. The molecule has 0 rings (SSSR count). The summed E-state index contributed by atoms with van der Waals surface area (Å²) in [6.45, 7) is 0. The average molecular weight is 277 g/mol. The summed E-state index contributed by atoms with van der Waals surface area (Å²) in [5.74, 6) is 0. The van der Waals surface area contributed by atoms with Crippen molar-refractivity contribution in [3.63, 3.8) is 0 Å². The van der Waals surface area contributed by atoms with Crippen LogP contribution in [0, 0.1) is 0 Å². The van der Waals surface area contributed by atoms with E-state index in [4.69, 9.17) is 4.46 Å². The van der Waals surface area contributed by atoms with Gasteiger partial charge in [-0.3, -0.25) is 0 Å². The Morgan fingerprint density at radius 3 is 1.38 bits per heavy atom. The Kier molecular flexibility index (Phi) is 187. The summed E-state index contributed by atoms with van der Waals surface area (Å²) in [6.07, 6.45) is 0. The second-order valence-corrected chi connectivity index (χ2v) is 1.22. The van der Waals surface area contributed by atoms with Crippen molar-refractivity contribution in [2.45, 2.75) is 0 Å². The van der Waals surface area contributed by atoms with Crippen molar-refractivity contribution in [1.82, 2.24) is 0 Å². The molecule has 1 radical (unpaired) electrons. The minimum atomic E-state index is -0.583. The zero-order chi connectivity index (χ0) is 4.71. The van der Waals surface area contributed by atoms with Crippen LogP contribution in [0.4, 0.5) is 0 Å². The minimum absolute atomic E-state index is 0. The number of rotatable bonds is 0. The van der Waals surface area contributed by atoms with Gasteiger partial charge in [0.1, 0.15) is 0 Å². The quantitative estimate of drug-likeness (QED) is 0.362. The van der Waals surface area contributed by atoms with Gasteiger partial charge in [-0.05, 0) is 0 Å². The number of hydrogen-bond acceptors (Lipinski definition) is 1. The Morgan fingerprint density at radius 1 is 1.38 bits per heavy atom. The molecule has 0 aliphatic carbocycles. The van der Waals surface area contributed by atoms with Crippen LogP contribution < -0.4 is 0 Å². The van der Waals surface area contributed by atoms with Gasteiger partial charge in [0, 0.05) is 38.5 Å². The van der Waals surface area contributed by atoms with E-state index in [0.29, 0.717) is 0 Å². The molecule has 0 aromatic rings. The Balaban J connectivity index is -0.00000000567. The molecule has 0 amide bonds. The molecule has 0 heterocycles. The molecular formula is H10Al2CoOP2SiTi. The average Bonchev–Trinajstić information content (AvgIpc) is 1.46. The molecule has 49 valence electrons. The minimum Gasteiger partial charge on any atom is -0.387 e. The molecule has 0 fully saturated rings. The van der Waals surface area contributed by atoms with E-state index in [1.807, 2.05) is 0 Å². The van der Waals surface area contributed by atoms with Crippen LogP contribution in [0.3, 0.4) is 0 Å². The first-order valence-corrected chi connectivity index (χ1v) is 8.90. The monoisotopic (exact) mass is 277 g/mol. The molecule has 2 unspecified atom stereocenters. The third kappa shape index (κ3) is 61.0. The zero-order valence-electron chi connectivity index (χ0n) is 3.97. The van der Waals surface area contributed by atoms with Gasteiger partial charge in [0.15, 0.2) is 17.4 Å². The van der Waals surface area contributed by atoms with E-state index in [-0.39, 0.29) is 55.9 Å². The van der Waals surface area contributed by atoms with Crippen LogP contribution in [0.2, 0.25) is 0 Å². The van der Waals surface area contributed by atoms with E-state index < -0.39 is 9.07 Å². The maximum atomic E-state index is 8.98. The van der Waals surface area contributed by atoms with E-state index in [1.165, 1.54) is 15.8 Å². The summed E-state index contributed by atoms with van der Waals surface area (Å²) in [5.41, 5.74) is 0. The van der Waals surface area contributed by atoms with Crippen LogP contribution in [0.1, 0.15) is 0 Å². The van der Waals surface area contributed by atoms with E-state index in [1.54, 1.807) is 0 Å². The normalized spacial score (nSPS) is 2.25. The van der Waals surface area contributed by atoms with Gasteiger partial charge in [0.2, 0.25) is 15.8 Å². The van der Waals surface area contributed by atoms with Crippen LogP contribution in [-0.2, 0) is 43.0 Å². The molecular weight excluding hydrogens is 267 g/mol. The molecule has 0 N–H and O–H groups in total. The Morgan fingerprint density at radius 2 is 1.38 bits per heavy atom. The molecule has 0 bridgehead atoms. The predicted octanol–water partition coefficient (Wildman–Crippen LogP) is -2.22. The smallest absolute Gasteiger partial charge is 0.282 e. The molecule has 0 aromatic carbocycles. The molecule has 0 aromatic heterocycles. The molecule has 0 saturated carbocycles. The Bertz CT molecular complexity index is 27.5. The summed E-state index contributed by atoms with van der Waals surface area (Å²) >= 11 is 1.22. The molecule has 0 saturated heterocycles. The van der Waals surface area contributed by atoms with Gasteiger partial charge in [-0.2, -0.15) is 0 Å². The van der Waals surface area contributed by atoms with Crippen LogP contribution in [0.15, 0.2) is 0 Å². The zero-order valence-corrected chi connectivity index (χ0v) is 12.0. The maximum Gasteiger partial charge on any atom is 0.282 e. The van der Waals surface area contributed by atoms with E-state index in [2.05, 4.69) is 16.7 Å². The van der Waals surface area contributed by atoms with Crippen molar-refractivity contribution in [1.29, 1.82) is 0 Å². The SMILES string of the molecule is O=[SiH]P.[AlH2][PH2].[AlH3].[Co].[Ti]. The molecule has 0 aliphatic rings. The van der Waals surface area contributed by atoms with E-state index >= 15 is 0 Å². The summed E-state index contributed by atoms with van der Waals surface area (Å²) < 4.78 is 8.98. The Hall–Kier alpha value is 3.16. The molecule has 2 atom stereocenters. The van der Waals surface area contributed by atoms with Gasteiger partial charge in [-0.25, -0.2) is 7.89 Å². The van der Waals surface area contributed by atoms with Gasteiger partial charge >= 0.3 is 0 Å². The first-order valence-electron chi connectivity index (χ1n) is 1.15. The van der Waals surface area contributed by atoms with Gasteiger partial charge < -0.3 is 4.46 Å². The third-order valence-corrected chi connectivity index (χ3v) is 0. The van der Waals surface area contributed by atoms with Crippen molar-refractivity contribution in [3.8, 4) is 0 Å². The fourth-order valence-electron chi connectivity index (χ4n) is 0. The van der Waals surface area contributed by atoms with Crippen molar-refractivity contribution in [2.24, 2.45) is 0 Å². The molecule has 1 nitrogen and oxygen atoms in total. The topological polar surface area (TPSA) is 17.1 Å². The molecule has 0 aliphatic heterocycles. The van der Waals surface area contributed by atoms with Crippen molar-refractivity contribution in [3.05, 3.63) is 0 Å². The summed E-state index contributed by atoms with van der Waals surface area (Å²) in [5, 5.41) is 0. The van der Waals surface area contributed by atoms with E-state index in [0.717, 1.165) is 0 Å². The predicted molar refractivity (Wildman–Crippen MR) is 45.7 cm³/mol. The maximum absolute atomic E-state index is 8.98. The van der Waals surface area contributed by atoms with E-state index in [9.17, 15) is 0 Å². The summed E-state index contributed by atoms with van der Waals surface area (Å²) in [7, 11) is 4.08. The van der Waals surface area contributed by atoms with Gasteiger partial charge in [-0.1, -0.05) is 8.79 Å². The van der Waals surface area contributed by atoms with Crippen LogP contribution in [0.25, 0.3) is 0 Å². The van der Waals surface area contributed by atoms with Crippen molar-refractivity contribution >= 4 is 59.0 Å². The standard InChI is InChI=1S/2Al.Co.H3OPSi.H2P.Ti.5H/c;;;1-3-2;;;;;;;/h;;;3H,2H2;1H2;;;;;;/q;+1;;;-1;;;;;;. The molecule has 8 heteroatoms. The van der Waals surface area contributed by atoms with Gasteiger partial charge in [0.25, 0.3) is 9.07 Å². The van der Waals surface area contributed by atoms with Gasteiger partial charge in [-0.15, -0.1) is 0 Å². The fourth-order valence-corrected chi connectivity index (χ4v) is 0. The van der Waals surface area contributed by atoms with Gasteiger partial charge in [0.05, 0.1) is 0 Å². The first kappa shape index (κ1) is 30.4. The second-order valence-electron chi connectivity index (χ2n) is 0.136. The fraction of sp³-hybridized carbons (Fsp3) is 0. The van der Waals surface area contributed by atoms with Crippen LogP contribution >= 0.6 is 16.7 Å². The van der Waals surface area contributed by atoms with Crippen molar-refractivity contribution in [2.75, 3.05) is 0 Å². The molecule has 0 spiro atoms. The Labute approximate surface area is 101 Å². The summed E-state index contributed by atoms with van der Waals surface area (Å²) in [4.78, 5) is 0. The van der Waals surface area contributed by atoms with Crippen LogP contribution in [-0.4, -0.2) is 42.3 Å². The molecule has 8 heavy (non-hydrogen) atoms. The number of hydrogen-bond donors (Lipinski definition) is 0. The van der Waals surface area contributed by atoms with Crippen LogP contribution in [0.5, 0.6) is 0 Å². The van der Waals surface area contributed by atoms with Crippen molar-refractivity contribution < 1.29 is 43.0 Å². The second kappa shape index (κ2) is 49.2. The summed E-state index contributed by atoms with van der Waals surface area (Å²) in [6, 6.07) is 0. The first-order chi connectivity index (χ1) is 2.41.